The number of aromatic nitrogens is 2. The summed E-state index contributed by atoms with van der Waals surface area (Å²) in [6.07, 6.45) is -2.99. The highest BCUT2D eigenvalue weighted by atomic mass is 19.4. The van der Waals surface area contributed by atoms with Crippen LogP contribution in [0.15, 0.2) is 42.7 Å². The van der Waals surface area contributed by atoms with Gasteiger partial charge in [-0.05, 0) is 50.5 Å². The summed E-state index contributed by atoms with van der Waals surface area (Å²) in [6, 6.07) is 7.56. The van der Waals surface area contributed by atoms with Crippen LogP contribution in [-0.4, -0.2) is 60.7 Å². The Morgan fingerprint density at radius 2 is 1.88 bits per heavy atom. The highest BCUT2D eigenvalue weighted by Gasteiger charge is 2.58. The van der Waals surface area contributed by atoms with Crippen molar-refractivity contribution in [2.45, 2.75) is 57.3 Å². The fourth-order valence-electron chi connectivity index (χ4n) is 5.94. The predicted octanol–water partition coefficient (Wildman–Crippen LogP) is 4.85. The molecule has 3 aromatic rings. The number of ketones is 1. The van der Waals surface area contributed by atoms with Crippen molar-refractivity contribution < 1.29 is 46.2 Å². The number of unbranched alkanes of at least 4 members (excludes halogenated alkanes) is 1. The molecule has 5 rings (SSSR count). The Morgan fingerprint density at radius 1 is 1.12 bits per heavy atom. The SMILES string of the molecule is C[C@]12CCCN1N(Cc1ccc(C#CCCCC(=O)O)c(F)c1F)C(=O)C(C(=O)Nc1ccc(C(F)(F)F)cc1-c1cc(C#N)ncn1)C2=O. The zero-order chi connectivity index (χ0) is 36.4. The number of carboxylic acids is 1. The predicted molar refractivity (Wildman–Crippen MR) is 164 cm³/mol. The molecule has 2 aliphatic rings. The molecule has 0 radical (unpaired) electrons. The number of anilines is 1. The first-order valence-electron chi connectivity index (χ1n) is 15.2. The Balaban J connectivity index is 1.45. The molecule has 2 amide bonds. The van der Waals surface area contributed by atoms with Crippen molar-refractivity contribution in [1.82, 2.24) is 20.0 Å². The molecule has 16 heteroatoms. The van der Waals surface area contributed by atoms with Crippen molar-refractivity contribution in [3.63, 3.8) is 0 Å². The molecule has 0 spiro atoms. The molecule has 2 aliphatic heterocycles. The third-order valence-corrected chi connectivity index (χ3v) is 8.51. The number of nitriles is 1. The van der Waals surface area contributed by atoms with Gasteiger partial charge in [0.2, 0.25) is 5.91 Å². The molecule has 1 aromatic heterocycles. The molecule has 2 N–H and O–H groups in total. The summed E-state index contributed by atoms with van der Waals surface area (Å²) in [6.45, 7) is 1.13. The number of hydrogen-bond donors (Lipinski definition) is 2. The number of alkyl halides is 3. The first-order chi connectivity index (χ1) is 23.6. The summed E-state index contributed by atoms with van der Waals surface area (Å²) in [5, 5.41) is 22.8. The van der Waals surface area contributed by atoms with Gasteiger partial charge in [-0.15, -0.1) is 0 Å². The molecule has 0 aliphatic carbocycles. The monoisotopic (exact) mass is 694 g/mol. The third kappa shape index (κ3) is 7.02. The highest BCUT2D eigenvalue weighted by Crippen LogP contribution is 2.41. The van der Waals surface area contributed by atoms with E-state index in [1.165, 1.54) is 24.1 Å². The smallest absolute Gasteiger partial charge is 0.416 e. The summed E-state index contributed by atoms with van der Waals surface area (Å²) in [5.41, 5.74) is -3.91. The normalized spacial score (nSPS) is 19.0. The van der Waals surface area contributed by atoms with E-state index in [2.05, 4.69) is 27.1 Å². The van der Waals surface area contributed by atoms with Crippen LogP contribution < -0.4 is 5.32 Å². The minimum Gasteiger partial charge on any atom is -0.481 e. The molecule has 0 saturated carbocycles. The number of benzene rings is 2. The number of Topliss-reactive ketones (excluding diaryl/α,β-unsaturated/α-hetero) is 1. The van der Waals surface area contributed by atoms with E-state index in [1.54, 1.807) is 6.07 Å². The number of rotatable bonds is 8. The van der Waals surface area contributed by atoms with Crippen molar-refractivity contribution in [3.05, 3.63) is 76.7 Å². The largest absolute Gasteiger partial charge is 0.481 e. The molecule has 3 heterocycles. The van der Waals surface area contributed by atoms with Gasteiger partial charge in [0, 0.05) is 36.6 Å². The van der Waals surface area contributed by atoms with Gasteiger partial charge in [0.05, 0.1) is 34.6 Å². The van der Waals surface area contributed by atoms with E-state index in [0.29, 0.717) is 18.6 Å². The number of carbonyl (C=O) groups is 4. The van der Waals surface area contributed by atoms with Gasteiger partial charge in [0.15, 0.2) is 23.3 Å². The molecule has 2 aromatic carbocycles. The second kappa shape index (κ2) is 14.0. The lowest BCUT2D eigenvalue weighted by Crippen LogP contribution is -2.68. The number of nitrogens with one attached hydrogen (secondary N) is 1. The Hall–Kier alpha value is -5.74. The Bertz CT molecular complexity index is 2000. The second-order valence-electron chi connectivity index (χ2n) is 11.8. The van der Waals surface area contributed by atoms with Crippen LogP contribution in [-0.2, 0) is 31.9 Å². The summed E-state index contributed by atoms with van der Waals surface area (Å²) >= 11 is 0. The maximum absolute atomic E-state index is 15.3. The first kappa shape index (κ1) is 35.6. The number of nitrogens with zero attached hydrogens (tertiary/aromatic N) is 5. The van der Waals surface area contributed by atoms with Crippen molar-refractivity contribution in [1.29, 1.82) is 5.26 Å². The van der Waals surface area contributed by atoms with Gasteiger partial charge < -0.3 is 10.4 Å². The van der Waals surface area contributed by atoms with E-state index < -0.39 is 64.9 Å². The Labute approximate surface area is 281 Å². The quantitative estimate of drug-likeness (QED) is 0.146. The lowest BCUT2D eigenvalue weighted by atomic mass is 9.82. The summed E-state index contributed by atoms with van der Waals surface area (Å²) in [5.74, 6) is -3.60. The highest BCUT2D eigenvalue weighted by molar-refractivity contribution is 6.24. The molecular formula is C34H27F5N6O5. The van der Waals surface area contributed by atoms with Crippen LogP contribution in [0.25, 0.3) is 11.3 Å². The third-order valence-electron chi connectivity index (χ3n) is 8.51. The minimum atomic E-state index is -4.79. The van der Waals surface area contributed by atoms with E-state index in [0.717, 1.165) is 23.5 Å². The number of hydrazine groups is 1. The van der Waals surface area contributed by atoms with E-state index in [1.807, 2.05) is 0 Å². The molecule has 11 nitrogen and oxygen atoms in total. The number of hydrogen-bond acceptors (Lipinski definition) is 8. The molecule has 50 heavy (non-hydrogen) atoms. The first-order valence-corrected chi connectivity index (χ1v) is 15.2. The maximum atomic E-state index is 15.3. The number of carboxylic acid groups (broad SMARTS) is 1. The van der Waals surface area contributed by atoms with Crippen LogP contribution in [0, 0.1) is 40.7 Å². The number of aliphatic carboxylic acids is 1. The van der Waals surface area contributed by atoms with Crippen molar-refractivity contribution in [2.24, 2.45) is 5.92 Å². The number of carbonyl (C=O) groups excluding carboxylic acids is 3. The van der Waals surface area contributed by atoms with Gasteiger partial charge in [0.25, 0.3) is 5.91 Å². The molecular weight excluding hydrogens is 667 g/mol. The number of amides is 2. The van der Waals surface area contributed by atoms with E-state index in [9.17, 15) is 37.6 Å². The lowest BCUT2D eigenvalue weighted by molar-refractivity contribution is -0.184. The number of fused-ring (bicyclic) bond motifs is 1. The standard InChI is InChI=1S/C34H27F5N6O5/c1-33-12-5-13-45(33)44(17-20-9-8-19(28(35)29(20)36)6-3-2-4-7-26(46)47)32(50)27(30(33)48)31(49)43-24-11-10-21(34(37,38)39)14-23(24)25-15-22(16-40)41-18-42-25/h8-11,14-15,18,27H,2,4-5,7,12-13,17H2,1H3,(H,43,49)(H,46,47)/t27?,33-/m1/s1. The van der Waals surface area contributed by atoms with Crippen molar-refractivity contribution >= 4 is 29.3 Å². The van der Waals surface area contributed by atoms with Crippen LogP contribution in [0.5, 0.6) is 0 Å². The van der Waals surface area contributed by atoms with Gasteiger partial charge in [-0.3, -0.25) is 24.2 Å². The zero-order valence-corrected chi connectivity index (χ0v) is 26.3. The van der Waals surface area contributed by atoms with Crippen LogP contribution >= 0.6 is 0 Å². The average Bonchev–Trinajstić information content (AvgIpc) is 3.48. The summed E-state index contributed by atoms with van der Waals surface area (Å²) in [4.78, 5) is 59.8. The fraction of sp³-hybridized carbons (Fsp3) is 0.324. The van der Waals surface area contributed by atoms with Gasteiger partial charge >= 0.3 is 12.1 Å². The lowest BCUT2D eigenvalue weighted by Gasteiger charge is -2.47. The molecule has 258 valence electrons. The van der Waals surface area contributed by atoms with Crippen molar-refractivity contribution in [2.75, 3.05) is 11.9 Å². The zero-order valence-electron chi connectivity index (χ0n) is 26.3. The van der Waals surface area contributed by atoms with Gasteiger partial charge in [-0.1, -0.05) is 17.9 Å². The van der Waals surface area contributed by atoms with Gasteiger partial charge in [-0.25, -0.2) is 23.8 Å². The number of halogens is 5. The molecule has 1 unspecified atom stereocenters. The van der Waals surface area contributed by atoms with E-state index in [-0.39, 0.29) is 66.0 Å². The van der Waals surface area contributed by atoms with Gasteiger partial charge in [-0.2, -0.15) is 18.4 Å². The molecule has 2 saturated heterocycles. The van der Waals surface area contributed by atoms with Crippen LogP contribution in [0.4, 0.5) is 27.6 Å². The average molecular weight is 695 g/mol. The van der Waals surface area contributed by atoms with Crippen LogP contribution in [0.2, 0.25) is 0 Å². The van der Waals surface area contributed by atoms with Crippen molar-refractivity contribution in [3.8, 4) is 29.2 Å². The Morgan fingerprint density at radius 3 is 2.58 bits per heavy atom. The van der Waals surface area contributed by atoms with Crippen LogP contribution in [0.1, 0.15) is 61.4 Å². The van der Waals surface area contributed by atoms with Gasteiger partial charge in [0.1, 0.15) is 18.1 Å². The van der Waals surface area contributed by atoms with Crippen LogP contribution in [0.3, 0.4) is 0 Å². The topological polar surface area (TPSA) is 157 Å². The molecule has 0 bridgehead atoms. The molecule has 2 fully saturated rings. The second-order valence-corrected chi connectivity index (χ2v) is 11.8. The fourth-order valence-corrected chi connectivity index (χ4v) is 5.94. The van der Waals surface area contributed by atoms with E-state index >= 15 is 8.78 Å². The summed E-state index contributed by atoms with van der Waals surface area (Å²) < 4.78 is 71.3. The maximum Gasteiger partial charge on any atom is 0.416 e. The van der Waals surface area contributed by atoms with E-state index in [4.69, 9.17) is 5.11 Å². The summed E-state index contributed by atoms with van der Waals surface area (Å²) in [7, 11) is 0. The molecule has 2 atom stereocenters. The minimum absolute atomic E-state index is 0.135. The Kier molecular flexibility index (Phi) is 9.96.